The van der Waals surface area contributed by atoms with Crippen molar-refractivity contribution in [2.75, 3.05) is 39.8 Å². The van der Waals surface area contributed by atoms with Crippen LogP contribution in [0, 0.1) is 0 Å². The molecule has 0 aliphatic carbocycles. The molecular formula is C21H31N3O4. The highest BCUT2D eigenvalue weighted by Gasteiger charge is 2.21. The zero-order valence-corrected chi connectivity index (χ0v) is 16.9. The van der Waals surface area contributed by atoms with Crippen molar-refractivity contribution in [1.82, 2.24) is 15.1 Å². The first-order valence-corrected chi connectivity index (χ1v) is 9.92. The molecule has 3 amide bonds. The van der Waals surface area contributed by atoms with Gasteiger partial charge in [0.2, 0.25) is 17.7 Å². The molecule has 1 aromatic rings. The summed E-state index contributed by atoms with van der Waals surface area (Å²) in [7, 11) is 1.65. The van der Waals surface area contributed by atoms with Crippen molar-refractivity contribution >= 4 is 17.7 Å². The molecule has 1 N–H and O–H groups in total. The largest absolute Gasteiger partial charge is 0.497 e. The van der Waals surface area contributed by atoms with Crippen molar-refractivity contribution in [1.29, 1.82) is 0 Å². The summed E-state index contributed by atoms with van der Waals surface area (Å²) >= 11 is 0. The van der Waals surface area contributed by atoms with Gasteiger partial charge in [-0.1, -0.05) is 12.1 Å². The number of unbranched alkanes of at least 4 members (excludes halogenated alkanes) is 1. The normalized spacial score (nSPS) is 13.9. The summed E-state index contributed by atoms with van der Waals surface area (Å²) in [6.45, 7) is 4.21. The van der Waals surface area contributed by atoms with E-state index in [0.717, 1.165) is 25.0 Å². The van der Waals surface area contributed by atoms with Crippen LogP contribution in [0.15, 0.2) is 24.3 Å². The molecule has 28 heavy (non-hydrogen) atoms. The van der Waals surface area contributed by atoms with Crippen molar-refractivity contribution in [3.8, 4) is 5.75 Å². The number of hydrogen-bond donors (Lipinski definition) is 1. The number of piperazine rings is 1. The van der Waals surface area contributed by atoms with Crippen LogP contribution in [-0.4, -0.2) is 67.4 Å². The number of aryl methyl sites for hydroxylation is 1. The fourth-order valence-corrected chi connectivity index (χ4v) is 3.23. The predicted octanol–water partition coefficient (Wildman–Crippen LogP) is 1.61. The Kier molecular flexibility index (Phi) is 8.78. The molecule has 1 saturated heterocycles. The Morgan fingerprint density at radius 1 is 0.964 bits per heavy atom. The lowest BCUT2D eigenvalue weighted by molar-refractivity contribution is -0.138. The average molecular weight is 389 g/mol. The van der Waals surface area contributed by atoms with E-state index >= 15 is 0 Å². The van der Waals surface area contributed by atoms with Gasteiger partial charge in [-0.3, -0.25) is 14.4 Å². The van der Waals surface area contributed by atoms with Crippen molar-refractivity contribution in [2.24, 2.45) is 0 Å². The van der Waals surface area contributed by atoms with Crippen LogP contribution in [0.4, 0.5) is 0 Å². The molecule has 0 spiro atoms. The molecule has 0 bridgehead atoms. The fraction of sp³-hybridized carbons (Fsp3) is 0.571. The van der Waals surface area contributed by atoms with Crippen LogP contribution in [0.5, 0.6) is 5.75 Å². The lowest BCUT2D eigenvalue weighted by Crippen LogP contribution is -2.50. The Morgan fingerprint density at radius 2 is 1.61 bits per heavy atom. The third-order valence-electron chi connectivity index (χ3n) is 5.02. The van der Waals surface area contributed by atoms with Gasteiger partial charge in [0.1, 0.15) is 5.75 Å². The van der Waals surface area contributed by atoms with Crippen molar-refractivity contribution in [3.05, 3.63) is 29.8 Å². The first-order chi connectivity index (χ1) is 13.5. The van der Waals surface area contributed by atoms with E-state index in [9.17, 15) is 14.4 Å². The van der Waals surface area contributed by atoms with E-state index in [1.54, 1.807) is 23.8 Å². The SMILES string of the molecule is COc1ccc(CCCCC(=O)NCCC(=O)N2CCN(C(C)=O)CC2)cc1. The molecule has 1 aliphatic rings. The maximum absolute atomic E-state index is 12.2. The summed E-state index contributed by atoms with van der Waals surface area (Å²) < 4.78 is 5.14. The molecule has 0 atom stereocenters. The number of nitrogens with one attached hydrogen (secondary N) is 1. The van der Waals surface area contributed by atoms with Crippen LogP contribution in [0.25, 0.3) is 0 Å². The Balaban J connectivity index is 1.53. The van der Waals surface area contributed by atoms with E-state index in [1.165, 1.54) is 5.56 Å². The van der Waals surface area contributed by atoms with Gasteiger partial charge in [0.05, 0.1) is 7.11 Å². The summed E-state index contributed by atoms with van der Waals surface area (Å²) in [5, 5.41) is 2.83. The van der Waals surface area contributed by atoms with Crippen LogP contribution in [0.3, 0.4) is 0 Å². The molecule has 0 aromatic heterocycles. The third kappa shape index (κ3) is 7.21. The van der Waals surface area contributed by atoms with Gasteiger partial charge in [0.25, 0.3) is 0 Å². The highest BCUT2D eigenvalue weighted by Crippen LogP contribution is 2.13. The monoisotopic (exact) mass is 389 g/mol. The second-order valence-electron chi connectivity index (χ2n) is 7.04. The number of rotatable bonds is 9. The van der Waals surface area contributed by atoms with Crippen molar-refractivity contribution in [3.63, 3.8) is 0 Å². The molecule has 0 saturated carbocycles. The zero-order valence-electron chi connectivity index (χ0n) is 16.9. The molecule has 2 rings (SSSR count). The minimum atomic E-state index is -0.0103. The van der Waals surface area contributed by atoms with Gasteiger partial charge in [0, 0.05) is 52.5 Å². The molecule has 1 fully saturated rings. The van der Waals surface area contributed by atoms with Crippen LogP contribution < -0.4 is 10.1 Å². The van der Waals surface area contributed by atoms with E-state index in [2.05, 4.69) is 5.32 Å². The summed E-state index contributed by atoms with van der Waals surface area (Å²) in [5.74, 6) is 0.914. The number of ether oxygens (including phenoxy) is 1. The number of methoxy groups -OCH3 is 1. The summed E-state index contributed by atoms with van der Waals surface area (Å²) in [4.78, 5) is 38.9. The van der Waals surface area contributed by atoms with Crippen molar-refractivity contribution < 1.29 is 19.1 Å². The van der Waals surface area contributed by atoms with Gasteiger partial charge in [0.15, 0.2) is 0 Å². The first-order valence-electron chi connectivity index (χ1n) is 9.92. The maximum atomic E-state index is 12.2. The van der Waals surface area contributed by atoms with Gasteiger partial charge in [-0.15, -0.1) is 0 Å². The minimum Gasteiger partial charge on any atom is -0.497 e. The second-order valence-corrected chi connectivity index (χ2v) is 7.04. The molecule has 0 radical (unpaired) electrons. The maximum Gasteiger partial charge on any atom is 0.224 e. The Labute approximate surface area is 167 Å². The smallest absolute Gasteiger partial charge is 0.224 e. The molecule has 7 heteroatoms. The third-order valence-corrected chi connectivity index (χ3v) is 5.02. The van der Waals surface area contributed by atoms with Crippen molar-refractivity contribution in [2.45, 2.75) is 39.0 Å². The number of nitrogens with zero attached hydrogens (tertiary/aromatic N) is 2. The van der Waals surface area contributed by atoms with E-state index in [4.69, 9.17) is 4.74 Å². The van der Waals surface area contributed by atoms with Gasteiger partial charge in [-0.2, -0.15) is 0 Å². The summed E-state index contributed by atoms with van der Waals surface area (Å²) in [5.41, 5.74) is 1.23. The Morgan fingerprint density at radius 3 is 2.21 bits per heavy atom. The van der Waals surface area contributed by atoms with Crippen LogP contribution >= 0.6 is 0 Å². The van der Waals surface area contributed by atoms with E-state index in [1.807, 2.05) is 24.3 Å². The van der Waals surface area contributed by atoms with E-state index < -0.39 is 0 Å². The summed E-state index contributed by atoms with van der Waals surface area (Å²) in [6, 6.07) is 7.97. The fourth-order valence-electron chi connectivity index (χ4n) is 3.23. The first kappa shape index (κ1) is 21.7. The molecular weight excluding hydrogens is 358 g/mol. The van der Waals surface area contributed by atoms with Gasteiger partial charge < -0.3 is 19.9 Å². The number of carbonyl (C=O) groups excluding carboxylic acids is 3. The highest BCUT2D eigenvalue weighted by atomic mass is 16.5. The average Bonchev–Trinajstić information content (AvgIpc) is 2.71. The Hall–Kier alpha value is -2.57. The topological polar surface area (TPSA) is 79.0 Å². The predicted molar refractivity (Wildman–Crippen MR) is 107 cm³/mol. The van der Waals surface area contributed by atoms with E-state index in [-0.39, 0.29) is 17.7 Å². The molecule has 1 aliphatic heterocycles. The Bertz CT molecular complexity index is 652. The number of carbonyl (C=O) groups is 3. The molecule has 7 nitrogen and oxygen atoms in total. The molecule has 154 valence electrons. The molecule has 0 unspecified atom stereocenters. The lowest BCUT2D eigenvalue weighted by atomic mass is 10.1. The number of amides is 3. The molecule has 1 aromatic carbocycles. The highest BCUT2D eigenvalue weighted by molar-refractivity contribution is 5.79. The van der Waals surface area contributed by atoms with Crippen LogP contribution in [-0.2, 0) is 20.8 Å². The van der Waals surface area contributed by atoms with Gasteiger partial charge in [-0.25, -0.2) is 0 Å². The minimum absolute atomic E-state index is 0.0103. The second kappa shape index (κ2) is 11.3. The van der Waals surface area contributed by atoms with E-state index in [0.29, 0.717) is 45.6 Å². The number of hydrogen-bond acceptors (Lipinski definition) is 4. The van der Waals surface area contributed by atoms with Gasteiger partial charge in [-0.05, 0) is 37.0 Å². The number of benzene rings is 1. The lowest BCUT2D eigenvalue weighted by Gasteiger charge is -2.34. The zero-order chi connectivity index (χ0) is 20.4. The summed E-state index contributed by atoms with van der Waals surface area (Å²) in [6.07, 6.45) is 3.47. The standard InChI is InChI=1S/C21H31N3O4/c1-17(25)23-13-15-24(16-14-23)21(27)11-12-22-20(26)6-4-3-5-18-7-9-19(28-2)10-8-18/h7-10H,3-6,11-16H2,1-2H3,(H,22,26). The quantitative estimate of drug-likeness (QED) is 0.651. The molecule has 1 heterocycles. The van der Waals surface area contributed by atoms with Gasteiger partial charge >= 0.3 is 0 Å². The van der Waals surface area contributed by atoms with Crippen LogP contribution in [0.1, 0.15) is 38.2 Å². The van der Waals surface area contributed by atoms with Crippen LogP contribution in [0.2, 0.25) is 0 Å².